The predicted molar refractivity (Wildman–Crippen MR) is 94.7 cm³/mol. The second-order valence-corrected chi connectivity index (χ2v) is 5.95. The molecule has 1 atom stereocenters. The molecule has 0 bridgehead atoms. The number of rotatable bonds is 6. The largest absolute Gasteiger partial charge is 0.490 e. The molecule has 0 aromatic heterocycles. The second kappa shape index (κ2) is 7.97. The van der Waals surface area contributed by atoms with Gasteiger partial charge in [0.25, 0.3) is 5.91 Å². The lowest BCUT2D eigenvalue weighted by molar-refractivity contribution is 0.0673. The molecule has 126 valence electrons. The lowest BCUT2D eigenvalue weighted by atomic mass is 10.1. The van der Waals surface area contributed by atoms with Crippen LogP contribution in [-0.2, 0) is 11.2 Å². The van der Waals surface area contributed by atoms with Crippen molar-refractivity contribution in [3.8, 4) is 5.75 Å². The van der Waals surface area contributed by atoms with Gasteiger partial charge in [-0.25, -0.2) is 0 Å². The van der Waals surface area contributed by atoms with Gasteiger partial charge in [-0.3, -0.25) is 4.79 Å². The quantitative estimate of drug-likeness (QED) is 0.871. The summed E-state index contributed by atoms with van der Waals surface area (Å²) in [7, 11) is 0. The minimum Gasteiger partial charge on any atom is -0.490 e. The molecule has 2 aromatic rings. The summed E-state index contributed by atoms with van der Waals surface area (Å²) in [6.45, 7) is 3.37. The molecule has 1 saturated heterocycles. The number of carbonyl (C=O) groups excluding carboxylic acids is 1. The molecule has 0 aliphatic carbocycles. The summed E-state index contributed by atoms with van der Waals surface area (Å²) in [4.78, 5) is 12.6. The number of hydrogen-bond acceptors (Lipinski definition) is 3. The van der Waals surface area contributed by atoms with Gasteiger partial charge in [0.1, 0.15) is 12.4 Å². The van der Waals surface area contributed by atoms with Crippen molar-refractivity contribution in [2.24, 2.45) is 0 Å². The topological polar surface area (TPSA) is 47.6 Å². The van der Waals surface area contributed by atoms with Crippen molar-refractivity contribution in [2.75, 3.05) is 18.5 Å². The highest BCUT2D eigenvalue weighted by Gasteiger charge is 2.18. The Hall–Kier alpha value is -2.33. The van der Waals surface area contributed by atoms with Crippen molar-refractivity contribution in [3.05, 3.63) is 59.7 Å². The maximum Gasteiger partial charge on any atom is 0.259 e. The lowest BCUT2D eigenvalue weighted by Crippen LogP contribution is -2.19. The van der Waals surface area contributed by atoms with Crippen LogP contribution in [0.25, 0.3) is 0 Å². The van der Waals surface area contributed by atoms with E-state index < -0.39 is 0 Å². The molecule has 1 aliphatic heterocycles. The van der Waals surface area contributed by atoms with E-state index in [0.717, 1.165) is 31.6 Å². The highest BCUT2D eigenvalue weighted by Crippen LogP contribution is 2.22. The highest BCUT2D eigenvalue weighted by atomic mass is 16.5. The molecule has 2 aromatic carbocycles. The van der Waals surface area contributed by atoms with Crippen LogP contribution >= 0.6 is 0 Å². The minimum atomic E-state index is -0.161. The molecule has 24 heavy (non-hydrogen) atoms. The van der Waals surface area contributed by atoms with E-state index in [4.69, 9.17) is 9.47 Å². The zero-order valence-electron chi connectivity index (χ0n) is 14.0. The van der Waals surface area contributed by atoms with Crippen LogP contribution < -0.4 is 10.1 Å². The van der Waals surface area contributed by atoms with E-state index in [9.17, 15) is 4.79 Å². The summed E-state index contributed by atoms with van der Waals surface area (Å²) < 4.78 is 11.4. The van der Waals surface area contributed by atoms with Crippen LogP contribution in [0.5, 0.6) is 5.75 Å². The average molecular weight is 325 g/mol. The monoisotopic (exact) mass is 325 g/mol. The third kappa shape index (κ3) is 4.15. The summed E-state index contributed by atoms with van der Waals surface area (Å²) in [5, 5.41) is 2.95. The van der Waals surface area contributed by atoms with Gasteiger partial charge >= 0.3 is 0 Å². The average Bonchev–Trinajstić information content (AvgIpc) is 3.14. The van der Waals surface area contributed by atoms with E-state index in [1.54, 1.807) is 6.07 Å². The highest BCUT2D eigenvalue weighted by molar-refractivity contribution is 6.06. The Bertz CT molecular complexity index is 693. The van der Waals surface area contributed by atoms with Crippen molar-refractivity contribution >= 4 is 11.6 Å². The van der Waals surface area contributed by atoms with E-state index in [0.29, 0.717) is 17.9 Å². The number of para-hydroxylation sites is 1. The summed E-state index contributed by atoms with van der Waals surface area (Å²) in [5.41, 5.74) is 2.53. The number of carbonyl (C=O) groups is 1. The zero-order chi connectivity index (χ0) is 16.8. The fraction of sp³-hybridized carbons (Fsp3) is 0.350. The van der Waals surface area contributed by atoms with Crippen LogP contribution in [0.1, 0.15) is 35.7 Å². The molecular weight excluding hydrogens is 302 g/mol. The predicted octanol–water partition coefficient (Wildman–Crippen LogP) is 4.06. The fourth-order valence-corrected chi connectivity index (χ4v) is 2.81. The van der Waals surface area contributed by atoms with Crippen molar-refractivity contribution in [3.63, 3.8) is 0 Å². The summed E-state index contributed by atoms with van der Waals surface area (Å²) in [5.74, 6) is 0.434. The van der Waals surface area contributed by atoms with Gasteiger partial charge in [-0.2, -0.15) is 0 Å². The van der Waals surface area contributed by atoms with Gasteiger partial charge in [0.2, 0.25) is 0 Å². The maximum absolute atomic E-state index is 12.6. The van der Waals surface area contributed by atoms with Crippen molar-refractivity contribution in [2.45, 2.75) is 32.3 Å². The molecule has 0 radical (unpaired) electrons. The number of amides is 1. The van der Waals surface area contributed by atoms with Crippen LogP contribution in [0, 0.1) is 0 Å². The number of hydrogen-bond donors (Lipinski definition) is 1. The Morgan fingerprint density at radius 3 is 2.92 bits per heavy atom. The number of aryl methyl sites for hydroxylation is 1. The first kappa shape index (κ1) is 16.5. The first-order valence-corrected chi connectivity index (χ1v) is 8.50. The van der Waals surface area contributed by atoms with Gasteiger partial charge in [0.15, 0.2) is 0 Å². The molecule has 3 rings (SSSR count). The molecule has 0 unspecified atom stereocenters. The summed E-state index contributed by atoms with van der Waals surface area (Å²) >= 11 is 0. The Kier molecular flexibility index (Phi) is 5.49. The van der Waals surface area contributed by atoms with Gasteiger partial charge < -0.3 is 14.8 Å². The van der Waals surface area contributed by atoms with Crippen molar-refractivity contribution in [1.29, 1.82) is 0 Å². The number of benzene rings is 2. The summed E-state index contributed by atoms with van der Waals surface area (Å²) in [6.07, 6.45) is 3.15. The number of anilines is 1. The third-order valence-electron chi connectivity index (χ3n) is 4.17. The fourth-order valence-electron chi connectivity index (χ4n) is 2.81. The molecule has 4 nitrogen and oxygen atoms in total. The molecular formula is C20H23NO3. The molecule has 1 aliphatic rings. The Morgan fingerprint density at radius 1 is 1.25 bits per heavy atom. The minimum absolute atomic E-state index is 0.127. The van der Waals surface area contributed by atoms with Gasteiger partial charge in [-0.15, -0.1) is 0 Å². The molecule has 0 saturated carbocycles. The van der Waals surface area contributed by atoms with E-state index >= 15 is 0 Å². The first-order chi connectivity index (χ1) is 11.8. The molecule has 4 heteroatoms. The molecule has 1 heterocycles. The normalized spacial score (nSPS) is 16.8. The van der Waals surface area contributed by atoms with E-state index in [2.05, 4.69) is 12.2 Å². The lowest BCUT2D eigenvalue weighted by Gasteiger charge is -2.14. The van der Waals surface area contributed by atoms with Crippen LogP contribution in [0.4, 0.5) is 5.69 Å². The van der Waals surface area contributed by atoms with Crippen molar-refractivity contribution < 1.29 is 14.3 Å². The molecule has 1 fully saturated rings. The SMILES string of the molecule is CCc1cccc(NC(=O)c2ccccc2OC[C@@H]2CCCO2)c1. The van der Waals surface area contributed by atoms with Gasteiger partial charge in [0, 0.05) is 12.3 Å². The van der Waals surface area contributed by atoms with E-state index in [-0.39, 0.29) is 12.0 Å². The smallest absolute Gasteiger partial charge is 0.259 e. The second-order valence-electron chi connectivity index (χ2n) is 5.95. The molecule has 1 amide bonds. The van der Waals surface area contributed by atoms with Gasteiger partial charge in [-0.1, -0.05) is 31.2 Å². The van der Waals surface area contributed by atoms with Crippen LogP contribution in [-0.4, -0.2) is 25.2 Å². The molecule has 1 N–H and O–H groups in total. The van der Waals surface area contributed by atoms with Crippen molar-refractivity contribution in [1.82, 2.24) is 0 Å². The Labute approximate surface area is 142 Å². The van der Waals surface area contributed by atoms with Gasteiger partial charge in [0.05, 0.1) is 11.7 Å². The van der Waals surface area contributed by atoms with E-state index in [1.165, 1.54) is 5.56 Å². The number of nitrogens with one attached hydrogen (secondary N) is 1. The number of ether oxygens (including phenoxy) is 2. The summed E-state index contributed by atoms with van der Waals surface area (Å²) in [6, 6.07) is 15.2. The first-order valence-electron chi connectivity index (χ1n) is 8.50. The van der Waals surface area contributed by atoms with Crippen LogP contribution in [0.3, 0.4) is 0 Å². The van der Waals surface area contributed by atoms with Gasteiger partial charge in [-0.05, 0) is 49.1 Å². The third-order valence-corrected chi connectivity index (χ3v) is 4.17. The Morgan fingerprint density at radius 2 is 2.12 bits per heavy atom. The maximum atomic E-state index is 12.6. The zero-order valence-corrected chi connectivity index (χ0v) is 14.0. The van der Waals surface area contributed by atoms with E-state index in [1.807, 2.05) is 42.5 Å². The Balaban J connectivity index is 1.69. The van der Waals surface area contributed by atoms with Crippen LogP contribution in [0.2, 0.25) is 0 Å². The molecule has 0 spiro atoms. The van der Waals surface area contributed by atoms with Crippen LogP contribution in [0.15, 0.2) is 48.5 Å². The standard InChI is InChI=1S/C20H23NO3/c1-2-15-7-5-8-16(13-15)21-20(22)18-10-3-4-11-19(18)24-14-17-9-6-12-23-17/h3-5,7-8,10-11,13,17H,2,6,9,12,14H2,1H3,(H,21,22)/t17-/m0/s1.